The van der Waals surface area contributed by atoms with Crippen LogP contribution in [-0.4, -0.2) is 28.0 Å². The molecule has 5 nitrogen and oxygen atoms in total. The SMILES string of the molecule is CC(C)(C)c1ccnc(C2=NC(O)(C(F)(F)F)N=N2)c1. The zero-order valence-corrected chi connectivity index (χ0v) is 11.1. The largest absolute Gasteiger partial charge is 0.464 e. The van der Waals surface area contributed by atoms with Gasteiger partial charge in [0.1, 0.15) is 5.69 Å². The van der Waals surface area contributed by atoms with Crippen molar-refractivity contribution < 1.29 is 18.3 Å². The minimum atomic E-state index is -5.01. The van der Waals surface area contributed by atoms with Gasteiger partial charge in [0.2, 0.25) is 0 Å². The van der Waals surface area contributed by atoms with E-state index < -0.39 is 12.0 Å². The van der Waals surface area contributed by atoms with Gasteiger partial charge in [-0.1, -0.05) is 20.8 Å². The van der Waals surface area contributed by atoms with Crippen LogP contribution in [-0.2, 0) is 5.41 Å². The molecule has 1 aliphatic heterocycles. The number of alkyl halides is 3. The number of azo groups is 1. The first kappa shape index (κ1) is 14.6. The first-order valence-corrected chi connectivity index (χ1v) is 5.82. The fraction of sp³-hybridized carbons (Fsp3) is 0.500. The van der Waals surface area contributed by atoms with E-state index in [1.54, 1.807) is 12.1 Å². The van der Waals surface area contributed by atoms with E-state index >= 15 is 0 Å². The van der Waals surface area contributed by atoms with E-state index in [0.29, 0.717) is 0 Å². The lowest BCUT2D eigenvalue weighted by atomic mass is 9.87. The Kier molecular flexibility index (Phi) is 3.16. The van der Waals surface area contributed by atoms with Gasteiger partial charge in [-0.05, 0) is 23.1 Å². The molecule has 1 aromatic heterocycles. The number of aromatic nitrogens is 1. The molecule has 108 valence electrons. The third-order valence-corrected chi connectivity index (χ3v) is 2.78. The van der Waals surface area contributed by atoms with Gasteiger partial charge in [-0.25, -0.2) is 0 Å². The van der Waals surface area contributed by atoms with Crippen LogP contribution in [0.15, 0.2) is 33.6 Å². The molecule has 0 amide bonds. The molecule has 0 saturated carbocycles. The lowest BCUT2D eigenvalue weighted by molar-refractivity contribution is -0.253. The number of aliphatic imine (C=N–C) groups is 1. The molecule has 1 aliphatic rings. The summed E-state index contributed by atoms with van der Waals surface area (Å²) in [5, 5.41) is 15.4. The van der Waals surface area contributed by atoms with Crippen molar-refractivity contribution in [2.45, 2.75) is 38.2 Å². The van der Waals surface area contributed by atoms with Crippen LogP contribution in [0.1, 0.15) is 32.0 Å². The summed E-state index contributed by atoms with van der Waals surface area (Å²) in [5.74, 6) is -3.85. The van der Waals surface area contributed by atoms with E-state index in [0.717, 1.165) is 5.56 Å². The van der Waals surface area contributed by atoms with Crippen molar-refractivity contribution in [1.82, 2.24) is 4.98 Å². The highest BCUT2D eigenvalue weighted by atomic mass is 19.4. The van der Waals surface area contributed by atoms with E-state index in [9.17, 15) is 18.3 Å². The lowest BCUT2D eigenvalue weighted by Gasteiger charge is -2.19. The molecule has 0 fully saturated rings. The molecule has 0 bridgehead atoms. The molecule has 8 heteroatoms. The highest BCUT2D eigenvalue weighted by molar-refractivity contribution is 5.98. The Labute approximate surface area is 113 Å². The summed E-state index contributed by atoms with van der Waals surface area (Å²) in [4.78, 5) is 7.06. The highest BCUT2D eigenvalue weighted by Crippen LogP contribution is 2.36. The van der Waals surface area contributed by atoms with Crippen LogP contribution in [0.25, 0.3) is 0 Å². The molecule has 1 aromatic rings. The predicted molar refractivity (Wildman–Crippen MR) is 65.3 cm³/mol. The molecular weight excluding hydrogens is 273 g/mol. The smallest absolute Gasteiger partial charge is 0.343 e. The van der Waals surface area contributed by atoms with E-state index in [1.807, 2.05) is 20.8 Å². The van der Waals surface area contributed by atoms with Crippen molar-refractivity contribution in [3.63, 3.8) is 0 Å². The maximum Gasteiger partial charge on any atom is 0.464 e. The third kappa shape index (κ3) is 2.55. The number of aliphatic hydroxyl groups is 1. The number of rotatable bonds is 1. The predicted octanol–water partition coefficient (Wildman–Crippen LogP) is 2.80. The van der Waals surface area contributed by atoms with Gasteiger partial charge in [-0.3, -0.25) is 4.98 Å². The Bertz CT molecular complexity index is 589. The van der Waals surface area contributed by atoms with E-state index in [1.165, 1.54) is 6.20 Å². The van der Waals surface area contributed by atoms with Crippen LogP contribution < -0.4 is 0 Å². The van der Waals surface area contributed by atoms with Crippen molar-refractivity contribution >= 4 is 5.84 Å². The van der Waals surface area contributed by atoms with Crippen molar-refractivity contribution in [3.8, 4) is 0 Å². The summed E-state index contributed by atoms with van der Waals surface area (Å²) < 4.78 is 37.7. The van der Waals surface area contributed by atoms with Gasteiger partial charge >= 0.3 is 12.0 Å². The quantitative estimate of drug-likeness (QED) is 0.862. The fourth-order valence-electron chi connectivity index (χ4n) is 1.56. The lowest BCUT2D eigenvalue weighted by Crippen LogP contribution is -2.40. The summed E-state index contributed by atoms with van der Waals surface area (Å²) in [7, 11) is 0. The number of amidine groups is 1. The topological polar surface area (TPSA) is 70.2 Å². The summed E-state index contributed by atoms with van der Waals surface area (Å²) in [6.45, 7) is 5.86. The minimum absolute atomic E-state index is 0.140. The number of pyridine rings is 1. The zero-order valence-electron chi connectivity index (χ0n) is 11.1. The summed E-state index contributed by atoms with van der Waals surface area (Å²) in [6, 6.07) is 3.34. The van der Waals surface area contributed by atoms with Crippen LogP contribution >= 0.6 is 0 Å². The molecule has 0 radical (unpaired) electrons. The number of nitrogens with zero attached hydrogens (tertiary/aromatic N) is 4. The molecule has 0 spiro atoms. The number of hydrogen-bond acceptors (Lipinski definition) is 5. The van der Waals surface area contributed by atoms with Crippen molar-refractivity contribution in [2.24, 2.45) is 15.2 Å². The van der Waals surface area contributed by atoms with Crippen LogP contribution in [0.2, 0.25) is 0 Å². The van der Waals surface area contributed by atoms with Crippen LogP contribution in [0.3, 0.4) is 0 Å². The van der Waals surface area contributed by atoms with Crippen LogP contribution in [0, 0.1) is 0 Å². The monoisotopic (exact) mass is 286 g/mol. The molecule has 1 unspecified atom stereocenters. The van der Waals surface area contributed by atoms with Crippen LogP contribution in [0.4, 0.5) is 13.2 Å². The molecule has 2 rings (SSSR count). The number of halogens is 3. The van der Waals surface area contributed by atoms with E-state index in [4.69, 9.17) is 0 Å². The van der Waals surface area contributed by atoms with E-state index in [-0.39, 0.29) is 16.9 Å². The molecule has 1 N–H and O–H groups in total. The summed E-state index contributed by atoms with van der Waals surface area (Å²) >= 11 is 0. The zero-order chi connectivity index (χ0) is 15.2. The highest BCUT2D eigenvalue weighted by Gasteiger charge is 2.58. The maximum atomic E-state index is 12.6. The summed E-state index contributed by atoms with van der Waals surface area (Å²) in [6.07, 6.45) is -3.56. The summed E-state index contributed by atoms with van der Waals surface area (Å²) in [5.41, 5.74) is 0.804. The Hall–Kier alpha value is -1.83. The van der Waals surface area contributed by atoms with Gasteiger partial charge in [0.15, 0.2) is 5.84 Å². The third-order valence-electron chi connectivity index (χ3n) is 2.78. The van der Waals surface area contributed by atoms with Gasteiger partial charge in [-0.15, -0.1) is 10.2 Å². The Balaban J connectivity index is 2.41. The van der Waals surface area contributed by atoms with Gasteiger partial charge < -0.3 is 5.11 Å². The normalized spacial score (nSPS) is 23.1. The average Bonchev–Trinajstić information content (AvgIpc) is 2.72. The van der Waals surface area contributed by atoms with Crippen LogP contribution in [0.5, 0.6) is 0 Å². The standard InChI is InChI=1S/C12H13F3N4O/c1-10(2,3)7-4-5-16-8(6-7)9-17-12(20,19-18-9)11(13,14)15/h4-6,20H,1-3H3. The maximum absolute atomic E-state index is 12.6. The second-order valence-corrected chi connectivity index (χ2v) is 5.45. The molecule has 2 heterocycles. The Morgan fingerprint density at radius 3 is 2.35 bits per heavy atom. The average molecular weight is 286 g/mol. The Morgan fingerprint density at radius 2 is 1.85 bits per heavy atom. The van der Waals surface area contributed by atoms with Gasteiger partial charge in [-0.2, -0.15) is 18.2 Å². The second-order valence-electron chi connectivity index (χ2n) is 5.45. The van der Waals surface area contributed by atoms with Gasteiger partial charge in [0, 0.05) is 6.20 Å². The first-order chi connectivity index (χ1) is 9.03. The Morgan fingerprint density at radius 1 is 1.20 bits per heavy atom. The van der Waals surface area contributed by atoms with Gasteiger partial charge in [0.25, 0.3) is 0 Å². The second kappa shape index (κ2) is 4.34. The number of hydrogen-bond donors (Lipinski definition) is 1. The van der Waals surface area contributed by atoms with Crippen molar-refractivity contribution in [1.29, 1.82) is 0 Å². The molecular formula is C12H13F3N4O. The molecule has 20 heavy (non-hydrogen) atoms. The molecule has 1 atom stereocenters. The molecule has 0 aliphatic carbocycles. The molecule has 0 saturated heterocycles. The van der Waals surface area contributed by atoms with Gasteiger partial charge in [0.05, 0.1) is 0 Å². The minimum Gasteiger partial charge on any atom is -0.343 e. The van der Waals surface area contributed by atoms with Crippen molar-refractivity contribution in [3.05, 3.63) is 29.6 Å². The fourth-order valence-corrected chi connectivity index (χ4v) is 1.56. The molecule has 0 aromatic carbocycles. The van der Waals surface area contributed by atoms with E-state index in [2.05, 4.69) is 20.2 Å². The van der Waals surface area contributed by atoms with Crippen molar-refractivity contribution in [2.75, 3.05) is 0 Å². The first-order valence-electron chi connectivity index (χ1n) is 5.82.